The molecule has 0 unspecified atom stereocenters. The fourth-order valence-electron chi connectivity index (χ4n) is 2.37. The van der Waals surface area contributed by atoms with Crippen LogP contribution in [-0.2, 0) is 6.54 Å². The number of hydrogen-bond donors (Lipinski definition) is 0. The van der Waals surface area contributed by atoms with Crippen LogP contribution in [-0.4, -0.2) is 16.9 Å². The van der Waals surface area contributed by atoms with E-state index in [0.717, 1.165) is 22.4 Å². The Balaban J connectivity index is 1.79. The van der Waals surface area contributed by atoms with Crippen LogP contribution in [0.3, 0.4) is 0 Å². The molecule has 21 heavy (non-hydrogen) atoms. The Morgan fingerprint density at radius 2 is 2.10 bits per heavy atom. The van der Waals surface area contributed by atoms with Crippen molar-refractivity contribution in [3.8, 4) is 0 Å². The fraction of sp³-hybridized carbons (Fsp3) is 0.235. The van der Waals surface area contributed by atoms with Crippen molar-refractivity contribution in [2.45, 2.75) is 19.5 Å². The van der Waals surface area contributed by atoms with Crippen LogP contribution in [0.5, 0.6) is 0 Å². The summed E-state index contributed by atoms with van der Waals surface area (Å²) >= 11 is 0. The monoisotopic (exact) mass is 284 g/mol. The van der Waals surface area contributed by atoms with Gasteiger partial charge in [0.25, 0.3) is 0 Å². The van der Waals surface area contributed by atoms with Crippen molar-refractivity contribution in [2.75, 3.05) is 7.05 Å². The number of aromatic nitrogens is 1. The first-order chi connectivity index (χ1) is 10.1. The largest absolute Gasteiger partial charge is 0.468 e. The molecule has 0 bridgehead atoms. The molecule has 3 aromatic rings. The summed E-state index contributed by atoms with van der Waals surface area (Å²) < 4.78 is 18.6. The van der Waals surface area contributed by atoms with E-state index in [0.29, 0.717) is 6.54 Å². The summed E-state index contributed by atoms with van der Waals surface area (Å²) in [4.78, 5) is 6.74. The van der Waals surface area contributed by atoms with Crippen molar-refractivity contribution < 1.29 is 8.81 Å². The second-order valence-corrected chi connectivity index (χ2v) is 5.25. The van der Waals surface area contributed by atoms with E-state index in [-0.39, 0.29) is 11.9 Å². The number of rotatable bonds is 4. The number of fused-ring (bicyclic) bond motifs is 1. The van der Waals surface area contributed by atoms with Gasteiger partial charge < -0.3 is 4.42 Å². The number of benzene rings is 1. The van der Waals surface area contributed by atoms with Crippen LogP contribution in [0, 0.1) is 5.82 Å². The second-order valence-electron chi connectivity index (χ2n) is 5.25. The smallest absolute Gasteiger partial charge is 0.123 e. The van der Waals surface area contributed by atoms with Gasteiger partial charge in [0.15, 0.2) is 0 Å². The molecule has 0 radical (unpaired) electrons. The SMILES string of the molecule is C[C@@H](c1ccco1)N(C)Cc1ccc2cc(F)ccc2n1. The highest BCUT2D eigenvalue weighted by molar-refractivity contribution is 5.78. The molecule has 0 aliphatic carbocycles. The van der Waals surface area contributed by atoms with Crippen LogP contribution in [0.15, 0.2) is 53.1 Å². The fourth-order valence-corrected chi connectivity index (χ4v) is 2.37. The van der Waals surface area contributed by atoms with E-state index < -0.39 is 0 Å². The number of halogens is 1. The van der Waals surface area contributed by atoms with Crippen LogP contribution < -0.4 is 0 Å². The highest BCUT2D eigenvalue weighted by Gasteiger charge is 2.15. The summed E-state index contributed by atoms with van der Waals surface area (Å²) in [5, 5.41) is 0.820. The number of nitrogens with zero attached hydrogens (tertiary/aromatic N) is 2. The normalized spacial score (nSPS) is 13.0. The minimum absolute atomic E-state index is 0.172. The molecule has 0 aliphatic rings. The van der Waals surface area contributed by atoms with Gasteiger partial charge in [0.05, 0.1) is 23.5 Å². The third kappa shape index (κ3) is 2.95. The zero-order valence-corrected chi connectivity index (χ0v) is 12.1. The first-order valence-corrected chi connectivity index (χ1v) is 6.92. The van der Waals surface area contributed by atoms with Crippen LogP contribution in [0.25, 0.3) is 10.9 Å². The maximum absolute atomic E-state index is 13.2. The van der Waals surface area contributed by atoms with Gasteiger partial charge >= 0.3 is 0 Å². The van der Waals surface area contributed by atoms with Crippen LogP contribution in [0.1, 0.15) is 24.4 Å². The van der Waals surface area contributed by atoms with Gasteiger partial charge in [-0.3, -0.25) is 9.88 Å². The molecule has 4 heteroatoms. The Labute approximate surface area is 123 Å². The molecule has 0 saturated heterocycles. The molecule has 0 saturated carbocycles. The van der Waals surface area contributed by atoms with Crippen molar-refractivity contribution in [1.82, 2.24) is 9.88 Å². The van der Waals surface area contributed by atoms with E-state index in [1.54, 1.807) is 12.3 Å². The standard InChI is InChI=1S/C17H17FN2O/c1-12(17-4-3-9-21-17)20(2)11-15-7-5-13-10-14(18)6-8-16(13)19-15/h3-10,12H,11H2,1-2H3/t12-/m0/s1. The summed E-state index contributed by atoms with van der Waals surface area (Å²) in [7, 11) is 2.03. The first kappa shape index (κ1) is 13.8. The van der Waals surface area contributed by atoms with Gasteiger partial charge in [0.2, 0.25) is 0 Å². The van der Waals surface area contributed by atoms with Crippen LogP contribution >= 0.6 is 0 Å². The Morgan fingerprint density at radius 3 is 2.86 bits per heavy atom. The molecule has 1 aromatic carbocycles. The number of hydrogen-bond acceptors (Lipinski definition) is 3. The Hall–Kier alpha value is -2.20. The highest BCUT2D eigenvalue weighted by Crippen LogP contribution is 2.21. The van der Waals surface area contributed by atoms with Crippen molar-refractivity contribution >= 4 is 10.9 Å². The third-order valence-electron chi connectivity index (χ3n) is 3.74. The van der Waals surface area contributed by atoms with Crippen LogP contribution in [0.4, 0.5) is 4.39 Å². The van der Waals surface area contributed by atoms with E-state index in [1.807, 2.05) is 31.3 Å². The molecule has 108 valence electrons. The second kappa shape index (κ2) is 5.66. The quantitative estimate of drug-likeness (QED) is 0.720. The van der Waals surface area contributed by atoms with Gasteiger partial charge in [-0.2, -0.15) is 0 Å². The maximum atomic E-state index is 13.2. The van der Waals surface area contributed by atoms with Gasteiger partial charge in [-0.25, -0.2) is 4.39 Å². The van der Waals surface area contributed by atoms with E-state index in [1.165, 1.54) is 12.1 Å². The highest BCUT2D eigenvalue weighted by atomic mass is 19.1. The van der Waals surface area contributed by atoms with Crippen molar-refractivity contribution in [3.05, 3.63) is 66.0 Å². The predicted octanol–water partition coefficient (Wildman–Crippen LogP) is 4.16. The molecular weight excluding hydrogens is 267 g/mol. The molecule has 3 rings (SSSR count). The topological polar surface area (TPSA) is 29.3 Å². The predicted molar refractivity (Wildman–Crippen MR) is 80.3 cm³/mol. The van der Waals surface area contributed by atoms with Gasteiger partial charge in [-0.1, -0.05) is 6.07 Å². The molecule has 2 heterocycles. The molecule has 2 aromatic heterocycles. The summed E-state index contributed by atoms with van der Waals surface area (Å²) in [5.41, 5.74) is 1.77. The molecular formula is C17H17FN2O. The van der Waals surface area contributed by atoms with Gasteiger partial charge in [0, 0.05) is 11.9 Å². The molecule has 0 aliphatic heterocycles. The van der Waals surface area contributed by atoms with E-state index in [9.17, 15) is 4.39 Å². The van der Waals surface area contributed by atoms with Gasteiger partial charge in [0.1, 0.15) is 11.6 Å². The Bertz CT molecular complexity index is 740. The summed E-state index contributed by atoms with van der Waals surface area (Å²) in [6, 6.07) is 12.5. The lowest BCUT2D eigenvalue weighted by Crippen LogP contribution is -2.22. The maximum Gasteiger partial charge on any atom is 0.123 e. The van der Waals surface area contributed by atoms with Crippen LogP contribution in [0.2, 0.25) is 0 Å². The zero-order valence-electron chi connectivity index (χ0n) is 12.1. The Kier molecular flexibility index (Phi) is 3.71. The van der Waals surface area contributed by atoms with E-state index >= 15 is 0 Å². The lowest BCUT2D eigenvalue weighted by atomic mass is 10.2. The minimum Gasteiger partial charge on any atom is -0.468 e. The van der Waals surface area contributed by atoms with E-state index in [2.05, 4.69) is 16.8 Å². The van der Waals surface area contributed by atoms with Gasteiger partial charge in [-0.15, -0.1) is 0 Å². The first-order valence-electron chi connectivity index (χ1n) is 6.92. The Morgan fingerprint density at radius 1 is 1.24 bits per heavy atom. The summed E-state index contributed by atoms with van der Waals surface area (Å²) in [6.07, 6.45) is 1.68. The molecule has 3 nitrogen and oxygen atoms in total. The summed E-state index contributed by atoms with van der Waals surface area (Å²) in [5.74, 6) is 0.695. The van der Waals surface area contributed by atoms with Crippen molar-refractivity contribution in [3.63, 3.8) is 0 Å². The van der Waals surface area contributed by atoms with E-state index in [4.69, 9.17) is 4.42 Å². The molecule has 1 atom stereocenters. The zero-order chi connectivity index (χ0) is 14.8. The summed E-state index contributed by atoms with van der Waals surface area (Å²) in [6.45, 7) is 2.80. The lowest BCUT2D eigenvalue weighted by molar-refractivity contribution is 0.221. The van der Waals surface area contributed by atoms with Gasteiger partial charge in [-0.05, 0) is 50.4 Å². The molecule has 0 N–H and O–H groups in total. The number of pyridine rings is 1. The number of furan rings is 1. The lowest BCUT2D eigenvalue weighted by Gasteiger charge is -2.22. The average molecular weight is 284 g/mol. The third-order valence-corrected chi connectivity index (χ3v) is 3.74. The van der Waals surface area contributed by atoms with Crippen molar-refractivity contribution in [1.29, 1.82) is 0 Å². The average Bonchev–Trinajstić information content (AvgIpc) is 3.00. The van der Waals surface area contributed by atoms with Crippen molar-refractivity contribution in [2.24, 2.45) is 0 Å². The minimum atomic E-state index is -0.236. The molecule has 0 fully saturated rings. The molecule has 0 amide bonds. The molecule has 0 spiro atoms.